The second-order valence-electron chi connectivity index (χ2n) is 4.64. The molecule has 17 heavy (non-hydrogen) atoms. The number of hydrogen-bond donors (Lipinski definition) is 1. The first kappa shape index (κ1) is 11.0. The molecule has 0 bridgehead atoms. The Morgan fingerprint density at radius 1 is 1.41 bits per heavy atom. The molecule has 1 aliphatic heterocycles. The van der Waals surface area contributed by atoms with Crippen molar-refractivity contribution in [2.75, 3.05) is 5.75 Å². The summed E-state index contributed by atoms with van der Waals surface area (Å²) in [4.78, 5) is 15.0. The summed E-state index contributed by atoms with van der Waals surface area (Å²) in [6.07, 6.45) is 3.60. The molecule has 0 saturated carbocycles. The first-order chi connectivity index (χ1) is 8.25. The van der Waals surface area contributed by atoms with Crippen molar-refractivity contribution in [3.8, 4) is 0 Å². The molecule has 4 heteroatoms. The van der Waals surface area contributed by atoms with E-state index in [1.54, 1.807) is 0 Å². The van der Waals surface area contributed by atoms with Crippen LogP contribution in [0.4, 0.5) is 0 Å². The molecule has 1 aromatic carbocycles. The van der Waals surface area contributed by atoms with E-state index in [4.69, 9.17) is 0 Å². The monoisotopic (exact) mass is 248 g/mol. The number of aromatic nitrogens is 2. The van der Waals surface area contributed by atoms with Gasteiger partial charge in [0, 0.05) is 0 Å². The molecular formula is C13H16N2OS. The third-order valence-corrected chi connectivity index (χ3v) is 4.67. The molecule has 2 aromatic rings. The third kappa shape index (κ3) is 1.90. The summed E-state index contributed by atoms with van der Waals surface area (Å²) in [5, 5.41) is 0.312. The number of H-pyrrole nitrogens is 1. The minimum absolute atomic E-state index is 0.0324. The van der Waals surface area contributed by atoms with Gasteiger partial charge in [-0.05, 0) is 49.6 Å². The minimum atomic E-state index is 0.0324. The highest BCUT2D eigenvalue weighted by Gasteiger charge is 2.20. The van der Waals surface area contributed by atoms with Gasteiger partial charge in [-0.15, -0.1) is 11.8 Å². The predicted octanol–water partition coefficient (Wildman–Crippen LogP) is 3.05. The van der Waals surface area contributed by atoms with Crippen molar-refractivity contribution in [2.24, 2.45) is 0 Å². The van der Waals surface area contributed by atoms with Gasteiger partial charge in [0.15, 0.2) is 0 Å². The van der Waals surface area contributed by atoms with Crippen molar-refractivity contribution in [1.82, 2.24) is 9.55 Å². The maximum Gasteiger partial charge on any atom is 0.327 e. The van der Waals surface area contributed by atoms with Crippen LogP contribution < -0.4 is 5.69 Å². The zero-order valence-electron chi connectivity index (χ0n) is 9.90. The molecule has 1 atom stereocenters. The number of thioether (sulfide) groups is 1. The summed E-state index contributed by atoms with van der Waals surface area (Å²) in [6, 6.07) is 6.13. The predicted molar refractivity (Wildman–Crippen MR) is 72.6 cm³/mol. The van der Waals surface area contributed by atoms with Crippen LogP contribution in [0.5, 0.6) is 0 Å². The lowest BCUT2D eigenvalue weighted by Gasteiger charge is -2.22. The zero-order valence-corrected chi connectivity index (χ0v) is 10.7. The van der Waals surface area contributed by atoms with Crippen LogP contribution in [-0.4, -0.2) is 15.3 Å². The van der Waals surface area contributed by atoms with Crippen molar-refractivity contribution in [3.63, 3.8) is 0 Å². The van der Waals surface area contributed by atoms with Crippen molar-refractivity contribution in [3.05, 3.63) is 34.2 Å². The van der Waals surface area contributed by atoms with Crippen molar-refractivity contribution in [2.45, 2.75) is 31.6 Å². The summed E-state index contributed by atoms with van der Waals surface area (Å²) in [6.45, 7) is 2.06. The third-order valence-electron chi connectivity index (χ3n) is 3.32. The first-order valence-electron chi connectivity index (χ1n) is 6.08. The van der Waals surface area contributed by atoms with Gasteiger partial charge in [-0.1, -0.05) is 6.07 Å². The van der Waals surface area contributed by atoms with Crippen LogP contribution in [0.15, 0.2) is 23.0 Å². The van der Waals surface area contributed by atoms with E-state index in [0.717, 1.165) is 23.2 Å². The minimum Gasteiger partial charge on any atom is -0.306 e. The Hall–Kier alpha value is -1.16. The van der Waals surface area contributed by atoms with E-state index in [2.05, 4.69) is 18.0 Å². The van der Waals surface area contributed by atoms with Crippen LogP contribution in [-0.2, 0) is 0 Å². The van der Waals surface area contributed by atoms with E-state index in [9.17, 15) is 4.79 Å². The molecule has 0 amide bonds. The summed E-state index contributed by atoms with van der Waals surface area (Å²) in [5.41, 5.74) is 3.23. The Labute approximate surface area is 104 Å². The van der Waals surface area contributed by atoms with Crippen LogP contribution in [0.2, 0.25) is 0 Å². The standard InChI is InChI=1S/C13H16N2OS/c1-9-5-6-10-11(8-9)15(13(16)14-10)12-4-2-3-7-17-12/h5-6,8,12H,2-4,7H2,1H3,(H,14,16). The second-order valence-corrected chi connectivity index (χ2v) is 5.93. The summed E-state index contributed by atoms with van der Waals surface area (Å²) in [5.74, 6) is 1.16. The topological polar surface area (TPSA) is 37.8 Å². The fourth-order valence-electron chi connectivity index (χ4n) is 2.44. The average Bonchev–Trinajstić information content (AvgIpc) is 2.65. The van der Waals surface area contributed by atoms with Gasteiger partial charge in [0.2, 0.25) is 0 Å². The Morgan fingerprint density at radius 2 is 2.29 bits per heavy atom. The largest absolute Gasteiger partial charge is 0.327 e. The molecule has 1 aromatic heterocycles. The van der Waals surface area contributed by atoms with Gasteiger partial charge in [-0.2, -0.15) is 0 Å². The SMILES string of the molecule is Cc1ccc2[nH]c(=O)n(C3CCCCS3)c2c1. The van der Waals surface area contributed by atoms with Gasteiger partial charge in [-0.25, -0.2) is 4.79 Å². The first-order valence-corrected chi connectivity index (χ1v) is 7.13. The molecule has 0 aliphatic carbocycles. The van der Waals surface area contributed by atoms with Gasteiger partial charge in [0.05, 0.1) is 16.4 Å². The molecule has 1 fully saturated rings. The average molecular weight is 248 g/mol. The fraction of sp³-hybridized carbons (Fsp3) is 0.462. The van der Waals surface area contributed by atoms with E-state index in [1.807, 2.05) is 28.5 Å². The highest BCUT2D eigenvalue weighted by atomic mass is 32.2. The molecule has 1 aliphatic rings. The molecule has 1 saturated heterocycles. The van der Waals surface area contributed by atoms with Crippen LogP contribution in [0.3, 0.4) is 0 Å². The summed E-state index contributed by atoms with van der Waals surface area (Å²) in [7, 11) is 0. The highest BCUT2D eigenvalue weighted by Crippen LogP contribution is 2.34. The normalized spacial score (nSPS) is 20.9. The Kier molecular flexibility index (Phi) is 2.74. The van der Waals surface area contributed by atoms with E-state index < -0.39 is 0 Å². The number of benzene rings is 1. The Morgan fingerprint density at radius 3 is 3.06 bits per heavy atom. The Balaban J connectivity index is 2.16. The van der Waals surface area contributed by atoms with Crippen LogP contribution in [0.25, 0.3) is 11.0 Å². The number of nitrogens with one attached hydrogen (secondary N) is 1. The number of hydrogen-bond acceptors (Lipinski definition) is 2. The summed E-state index contributed by atoms with van der Waals surface area (Å²) >= 11 is 1.90. The number of nitrogens with zero attached hydrogens (tertiary/aromatic N) is 1. The van der Waals surface area contributed by atoms with Crippen LogP contribution in [0.1, 0.15) is 30.2 Å². The van der Waals surface area contributed by atoms with Gasteiger partial charge >= 0.3 is 5.69 Å². The second kappa shape index (κ2) is 4.26. The molecule has 1 N–H and O–H groups in total. The molecule has 3 nitrogen and oxygen atoms in total. The highest BCUT2D eigenvalue weighted by molar-refractivity contribution is 7.99. The molecule has 3 rings (SSSR count). The van der Waals surface area contributed by atoms with Gasteiger partial charge in [0.25, 0.3) is 0 Å². The van der Waals surface area contributed by atoms with Gasteiger partial charge in [0.1, 0.15) is 0 Å². The molecular weight excluding hydrogens is 232 g/mol. The number of aryl methyl sites for hydroxylation is 1. The lowest BCUT2D eigenvalue weighted by molar-refractivity contribution is 0.568. The Bertz CT molecular complexity index is 593. The number of aromatic amines is 1. The summed E-state index contributed by atoms with van der Waals surface area (Å²) < 4.78 is 1.94. The van der Waals surface area contributed by atoms with Gasteiger partial charge < -0.3 is 4.98 Å². The number of fused-ring (bicyclic) bond motifs is 1. The lowest BCUT2D eigenvalue weighted by Crippen LogP contribution is -2.22. The van der Waals surface area contributed by atoms with Gasteiger partial charge in [-0.3, -0.25) is 4.57 Å². The maximum atomic E-state index is 12.0. The smallest absolute Gasteiger partial charge is 0.306 e. The van der Waals surface area contributed by atoms with Crippen LogP contribution in [0, 0.1) is 6.92 Å². The maximum absolute atomic E-state index is 12.0. The van der Waals surface area contributed by atoms with E-state index in [1.165, 1.54) is 18.4 Å². The van der Waals surface area contributed by atoms with Crippen molar-refractivity contribution >= 4 is 22.8 Å². The zero-order chi connectivity index (χ0) is 11.8. The van der Waals surface area contributed by atoms with E-state index >= 15 is 0 Å². The molecule has 0 radical (unpaired) electrons. The molecule has 1 unspecified atom stereocenters. The van der Waals surface area contributed by atoms with E-state index in [-0.39, 0.29) is 5.69 Å². The van der Waals surface area contributed by atoms with Crippen molar-refractivity contribution in [1.29, 1.82) is 0 Å². The van der Waals surface area contributed by atoms with Crippen LogP contribution >= 0.6 is 11.8 Å². The lowest BCUT2D eigenvalue weighted by atomic mass is 10.2. The molecule has 0 spiro atoms. The number of imidazole rings is 1. The molecule has 2 heterocycles. The van der Waals surface area contributed by atoms with E-state index in [0.29, 0.717) is 5.37 Å². The number of rotatable bonds is 1. The quantitative estimate of drug-likeness (QED) is 0.842. The van der Waals surface area contributed by atoms with Crippen molar-refractivity contribution < 1.29 is 0 Å². The molecule has 90 valence electrons. The fourth-order valence-corrected chi connectivity index (χ4v) is 3.78.